The van der Waals surface area contributed by atoms with Crippen LogP contribution in [0.3, 0.4) is 0 Å². The molecule has 9 heavy (non-hydrogen) atoms. The first kappa shape index (κ1) is 6.51. The Kier molecular flexibility index (Phi) is 1.42. The third kappa shape index (κ3) is 1.20. The maximum atomic E-state index is 10.5. The van der Waals surface area contributed by atoms with Crippen LogP contribution in [-0.4, -0.2) is 28.5 Å². The molecular formula is C5H9NO3. The molecule has 3 N–H and O–H groups in total. The maximum Gasteiger partial charge on any atom is 0.279 e. The van der Waals surface area contributed by atoms with Crippen molar-refractivity contribution in [1.82, 2.24) is 5.32 Å². The van der Waals surface area contributed by atoms with Gasteiger partial charge in [0.25, 0.3) is 5.91 Å². The number of rotatable bonds is 0. The van der Waals surface area contributed by atoms with Gasteiger partial charge in [-0.2, -0.15) is 0 Å². The molecule has 0 bridgehead atoms. The number of piperidine rings is 1. The van der Waals surface area contributed by atoms with Crippen molar-refractivity contribution in [3.63, 3.8) is 0 Å². The fraction of sp³-hybridized carbons (Fsp3) is 0.800. The third-order valence-corrected chi connectivity index (χ3v) is 1.35. The number of carbonyl (C=O) groups excluding carboxylic acids is 1. The van der Waals surface area contributed by atoms with E-state index in [1.807, 2.05) is 0 Å². The van der Waals surface area contributed by atoms with E-state index in [1.165, 1.54) is 0 Å². The number of carbonyl (C=O) groups is 1. The van der Waals surface area contributed by atoms with Crippen LogP contribution >= 0.6 is 0 Å². The van der Waals surface area contributed by atoms with Crippen LogP contribution in [0.5, 0.6) is 0 Å². The molecule has 4 nitrogen and oxygen atoms in total. The summed E-state index contributed by atoms with van der Waals surface area (Å²) in [6, 6.07) is 0. The van der Waals surface area contributed by atoms with Crippen molar-refractivity contribution in [2.45, 2.75) is 18.6 Å². The smallest absolute Gasteiger partial charge is 0.279 e. The lowest BCUT2D eigenvalue weighted by Gasteiger charge is -2.24. The van der Waals surface area contributed by atoms with Crippen LogP contribution in [-0.2, 0) is 4.79 Å². The number of hydrogen-bond donors (Lipinski definition) is 3. The molecule has 1 aliphatic rings. The Hall–Kier alpha value is -0.610. The van der Waals surface area contributed by atoms with Gasteiger partial charge in [-0.1, -0.05) is 0 Å². The first-order chi connectivity index (χ1) is 4.13. The minimum absolute atomic E-state index is 0.138. The monoisotopic (exact) mass is 131 g/mol. The van der Waals surface area contributed by atoms with Gasteiger partial charge in [-0.15, -0.1) is 0 Å². The van der Waals surface area contributed by atoms with E-state index >= 15 is 0 Å². The molecule has 0 atom stereocenters. The van der Waals surface area contributed by atoms with Crippen LogP contribution in [0.25, 0.3) is 0 Å². The van der Waals surface area contributed by atoms with E-state index in [-0.39, 0.29) is 6.42 Å². The van der Waals surface area contributed by atoms with Crippen molar-refractivity contribution in [2.75, 3.05) is 6.54 Å². The van der Waals surface area contributed by atoms with E-state index in [1.54, 1.807) is 0 Å². The fourth-order valence-corrected chi connectivity index (χ4v) is 0.792. The summed E-state index contributed by atoms with van der Waals surface area (Å²) in [4.78, 5) is 10.5. The maximum absolute atomic E-state index is 10.5. The summed E-state index contributed by atoms with van der Waals surface area (Å²) in [5.41, 5.74) is 0. The predicted octanol–water partition coefficient (Wildman–Crippen LogP) is -1.42. The summed E-state index contributed by atoms with van der Waals surface area (Å²) in [5.74, 6) is -2.80. The van der Waals surface area contributed by atoms with Gasteiger partial charge in [0.05, 0.1) is 0 Å². The van der Waals surface area contributed by atoms with Gasteiger partial charge in [0.2, 0.25) is 5.79 Å². The lowest BCUT2D eigenvalue weighted by atomic mass is 10.1. The van der Waals surface area contributed by atoms with E-state index in [9.17, 15) is 4.79 Å². The molecule has 0 saturated carbocycles. The molecule has 0 aromatic carbocycles. The molecule has 1 rings (SSSR count). The van der Waals surface area contributed by atoms with Crippen molar-refractivity contribution >= 4 is 5.91 Å². The molecule has 1 amide bonds. The van der Waals surface area contributed by atoms with E-state index in [0.717, 1.165) is 0 Å². The van der Waals surface area contributed by atoms with Crippen LogP contribution in [0.15, 0.2) is 0 Å². The zero-order chi connectivity index (χ0) is 6.91. The minimum Gasteiger partial charge on any atom is -0.358 e. The number of aliphatic hydroxyl groups is 2. The molecule has 4 heteroatoms. The summed E-state index contributed by atoms with van der Waals surface area (Å²) in [7, 11) is 0. The van der Waals surface area contributed by atoms with Crippen molar-refractivity contribution in [3.05, 3.63) is 0 Å². The minimum atomic E-state index is -2.11. The Balaban J connectivity index is 2.60. The summed E-state index contributed by atoms with van der Waals surface area (Å²) >= 11 is 0. The van der Waals surface area contributed by atoms with Crippen LogP contribution in [0.2, 0.25) is 0 Å². The van der Waals surface area contributed by atoms with Gasteiger partial charge in [0.15, 0.2) is 0 Å². The van der Waals surface area contributed by atoms with Crippen molar-refractivity contribution in [3.8, 4) is 0 Å². The number of nitrogens with one attached hydrogen (secondary N) is 1. The standard InChI is InChI=1S/C5H9NO3/c7-4-5(8,9)2-1-3-6-4/h8-9H,1-3H2,(H,6,7). The molecule has 0 aliphatic carbocycles. The summed E-state index contributed by atoms with van der Waals surface area (Å²) < 4.78 is 0. The van der Waals surface area contributed by atoms with E-state index in [4.69, 9.17) is 10.2 Å². The first-order valence-corrected chi connectivity index (χ1v) is 2.86. The van der Waals surface area contributed by atoms with Gasteiger partial charge < -0.3 is 15.5 Å². The molecule has 1 heterocycles. The van der Waals surface area contributed by atoms with Crippen LogP contribution in [0.1, 0.15) is 12.8 Å². The summed E-state index contributed by atoms with van der Waals surface area (Å²) in [5, 5.41) is 19.9. The molecular weight excluding hydrogens is 122 g/mol. The average Bonchev–Trinajstić information content (AvgIpc) is 1.77. The Bertz CT molecular complexity index is 132. The Morgan fingerprint density at radius 3 is 2.56 bits per heavy atom. The van der Waals surface area contributed by atoms with Gasteiger partial charge in [-0.25, -0.2) is 0 Å². The Morgan fingerprint density at radius 1 is 1.56 bits per heavy atom. The first-order valence-electron chi connectivity index (χ1n) is 2.86. The second-order valence-corrected chi connectivity index (χ2v) is 2.18. The lowest BCUT2D eigenvalue weighted by Crippen LogP contribution is -2.51. The Morgan fingerprint density at radius 2 is 2.22 bits per heavy atom. The predicted molar refractivity (Wildman–Crippen MR) is 29.4 cm³/mol. The highest BCUT2D eigenvalue weighted by molar-refractivity contribution is 5.83. The fourth-order valence-electron chi connectivity index (χ4n) is 0.792. The van der Waals surface area contributed by atoms with E-state index in [2.05, 4.69) is 5.32 Å². The molecule has 0 unspecified atom stereocenters. The van der Waals surface area contributed by atoms with Crippen LogP contribution < -0.4 is 5.32 Å². The summed E-state index contributed by atoms with van der Waals surface area (Å²) in [6.07, 6.45) is 0.761. The average molecular weight is 131 g/mol. The quantitative estimate of drug-likeness (QED) is 0.353. The lowest BCUT2D eigenvalue weighted by molar-refractivity contribution is -0.192. The van der Waals surface area contributed by atoms with Gasteiger partial charge in [-0.05, 0) is 6.42 Å². The zero-order valence-corrected chi connectivity index (χ0v) is 4.92. The highest BCUT2D eigenvalue weighted by atomic mass is 16.5. The molecule has 1 saturated heterocycles. The molecule has 0 radical (unpaired) electrons. The third-order valence-electron chi connectivity index (χ3n) is 1.35. The van der Waals surface area contributed by atoms with Gasteiger partial charge in [0, 0.05) is 13.0 Å². The van der Waals surface area contributed by atoms with Crippen LogP contribution in [0.4, 0.5) is 0 Å². The van der Waals surface area contributed by atoms with Crippen molar-refractivity contribution < 1.29 is 15.0 Å². The zero-order valence-electron chi connectivity index (χ0n) is 4.92. The molecule has 52 valence electrons. The van der Waals surface area contributed by atoms with Crippen molar-refractivity contribution in [1.29, 1.82) is 0 Å². The van der Waals surface area contributed by atoms with E-state index in [0.29, 0.717) is 13.0 Å². The largest absolute Gasteiger partial charge is 0.358 e. The molecule has 0 spiro atoms. The molecule has 0 aromatic heterocycles. The molecule has 1 aliphatic heterocycles. The highest BCUT2D eigenvalue weighted by Crippen LogP contribution is 2.12. The number of amides is 1. The number of hydrogen-bond acceptors (Lipinski definition) is 3. The van der Waals surface area contributed by atoms with Gasteiger partial charge in [0.1, 0.15) is 0 Å². The van der Waals surface area contributed by atoms with Crippen LogP contribution in [0, 0.1) is 0 Å². The highest BCUT2D eigenvalue weighted by Gasteiger charge is 2.34. The SMILES string of the molecule is O=C1NCCCC1(O)O. The Labute approximate surface area is 52.5 Å². The van der Waals surface area contributed by atoms with Gasteiger partial charge >= 0.3 is 0 Å². The van der Waals surface area contributed by atoms with Crippen molar-refractivity contribution in [2.24, 2.45) is 0 Å². The molecule has 0 aromatic rings. The summed E-state index contributed by atoms with van der Waals surface area (Å²) in [6.45, 7) is 0.543. The normalized spacial score (nSPS) is 25.3. The topological polar surface area (TPSA) is 69.6 Å². The van der Waals surface area contributed by atoms with Gasteiger partial charge in [-0.3, -0.25) is 4.79 Å². The second kappa shape index (κ2) is 1.97. The second-order valence-electron chi connectivity index (χ2n) is 2.18. The van der Waals surface area contributed by atoms with E-state index < -0.39 is 11.7 Å². The molecule has 1 fully saturated rings.